The minimum absolute atomic E-state index is 0.0534. The number of amides is 1. The van der Waals surface area contributed by atoms with Crippen LogP contribution in [-0.4, -0.2) is 41.6 Å². The quantitative estimate of drug-likeness (QED) is 0.674. The monoisotopic (exact) mass is 385 g/mol. The van der Waals surface area contributed by atoms with Crippen LogP contribution in [0.1, 0.15) is 34.6 Å². The van der Waals surface area contributed by atoms with Gasteiger partial charge in [-0.3, -0.25) is 4.79 Å². The van der Waals surface area contributed by atoms with Crippen LogP contribution in [0, 0.1) is 0 Å². The zero-order valence-electron chi connectivity index (χ0n) is 14.2. The molecule has 0 spiro atoms. The molecule has 0 aliphatic rings. The van der Waals surface area contributed by atoms with Gasteiger partial charge in [0.25, 0.3) is 5.91 Å². The highest BCUT2D eigenvalue weighted by atomic mass is 79.9. The predicted molar refractivity (Wildman–Crippen MR) is 92.3 cm³/mol. The Balaban J connectivity index is 2.52. The van der Waals surface area contributed by atoms with Crippen molar-refractivity contribution in [3.05, 3.63) is 28.7 Å². The molecule has 1 unspecified atom stereocenters. The average molecular weight is 386 g/mol. The second kappa shape index (κ2) is 8.91. The number of hydrogen-bond acceptors (Lipinski definition) is 4. The third-order valence-electron chi connectivity index (χ3n) is 3.20. The Morgan fingerprint density at radius 3 is 2.04 bits per heavy atom. The van der Waals surface area contributed by atoms with Crippen LogP contribution in [0.3, 0.4) is 0 Å². The number of ether oxygens (including phenoxy) is 2. The lowest BCUT2D eigenvalue weighted by atomic mass is 10.2. The molecule has 128 valence electrons. The maximum atomic E-state index is 12.2. The Morgan fingerprint density at radius 1 is 1.04 bits per heavy atom. The Kier molecular flexibility index (Phi) is 7.55. The molecule has 0 radical (unpaired) electrons. The summed E-state index contributed by atoms with van der Waals surface area (Å²) < 4.78 is 11.5. The molecule has 0 saturated carbocycles. The highest BCUT2D eigenvalue weighted by molar-refractivity contribution is 9.10. The van der Waals surface area contributed by atoms with Crippen molar-refractivity contribution in [2.45, 2.75) is 52.8 Å². The van der Waals surface area contributed by atoms with E-state index in [1.165, 1.54) is 0 Å². The van der Waals surface area contributed by atoms with Gasteiger partial charge in [0.1, 0.15) is 5.75 Å². The van der Waals surface area contributed by atoms with E-state index < -0.39 is 12.1 Å². The standard InChI is InChI=1S/C17H24BrNO4/c1-11(2)19(12(3)4)16(20)10-22-17(21)13(5)23-15-8-6-14(18)7-9-15/h6-9,11-13H,10H2,1-5H3. The first-order valence-corrected chi connectivity index (χ1v) is 8.41. The van der Waals surface area contributed by atoms with E-state index in [2.05, 4.69) is 15.9 Å². The molecule has 1 aromatic rings. The summed E-state index contributed by atoms with van der Waals surface area (Å²) in [5.74, 6) is -0.206. The van der Waals surface area contributed by atoms with Crippen molar-refractivity contribution in [1.82, 2.24) is 4.90 Å². The number of halogens is 1. The first-order chi connectivity index (χ1) is 10.7. The second-order valence-corrected chi connectivity index (χ2v) is 6.73. The van der Waals surface area contributed by atoms with Crippen LogP contribution < -0.4 is 4.74 Å². The Hall–Kier alpha value is -1.56. The van der Waals surface area contributed by atoms with Crippen molar-refractivity contribution in [3.8, 4) is 5.75 Å². The van der Waals surface area contributed by atoms with Crippen LogP contribution in [0.4, 0.5) is 0 Å². The third-order valence-corrected chi connectivity index (χ3v) is 3.73. The maximum Gasteiger partial charge on any atom is 0.347 e. The smallest absolute Gasteiger partial charge is 0.347 e. The number of hydrogen-bond donors (Lipinski definition) is 0. The number of carbonyl (C=O) groups is 2. The summed E-state index contributed by atoms with van der Waals surface area (Å²) in [6, 6.07) is 7.24. The number of rotatable bonds is 7. The fraction of sp³-hybridized carbons (Fsp3) is 0.529. The van der Waals surface area contributed by atoms with Crippen LogP contribution >= 0.6 is 15.9 Å². The van der Waals surface area contributed by atoms with Crippen molar-refractivity contribution >= 4 is 27.8 Å². The number of esters is 1. The summed E-state index contributed by atoms with van der Waals surface area (Å²) in [5.41, 5.74) is 0. The van der Waals surface area contributed by atoms with Gasteiger partial charge in [-0.15, -0.1) is 0 Å². The molecule has 0 saturated heterocycles. The van der Waals surface area contributed by atoms with E-state index in [-0.39, 0.29) is 24.6 Å². The molecule has 1 atom stereocenters. The number of benzene rings is 1. The first kappa shape index (κ1) is 19.5. The molecule has 0 aromatic heterocycles. The van der Waals surface area contributed by atoms with E-state index >= 15 is 0 Å². The molecule has 0 N–H and O–H groups in total. The van der Waals surface area contributed by atoms with Crippen LogP contribution in [0.25, 0.3) is 0 Å². The van der Waals surface area contributed by atoms with Gasteiger partial charge in [0.05, 0.1) is 0 Å². The van der Waals surface area contributed by atoms with Gasteiger partial charge in [0.15, 0.2) is 12.7 Å². The van der Waals surface area contributed by atoms with Gasteiger partial charge < -0.3 is 14.4 Å². The average Bonchev–Trinajstić information content (AvgIpc) is 2.46. The van der Waals surface area contributed by atoms with E-state index in [4.69, 9.17) is 9.47 Å². The van der Waals surface area contributed by atoms with E-state index in [1.54, 1.807) is 24.0 Å². The van der Waals surface area contributed by atoms with Gasteiger partial charge in [-0.25, -0.2) is 4.79 Å². The number of nitrogens with zero attached hydrogens (tertiary/aromatic N) is 1. The van der Waals surface area contributed by atoms with Crippen LogP contribution in [-0.2, 0) is 14.3 Å². The van der Waals surface area contributed by atoms with Crippen molar-refractivity contribution in [1.29, 1.82) is 0 Å². The van der Waals surface area contributed by atoms with Gasteiger partial charge in [-0.05, 0) is 58.9 Å². The lowest BCUT2D eigenvalue weighted by molar-refractivity contribution is -0.158. The minimum Gasteiger partial charge on any atom is -0.479 e. The van der Waals surface area contributed by atoms with E-state index in [0.717, 1.165) is 4.47 Å². The fourth-order valence-corrected chi connectivity index (χ4v) is 2.53. The summed E-state index contributed by atoms with van der Waals surface area (Å²) >= 11 is 3.33. The minimum atomic E-state index is -0.782. The van der Waals surface area contributed by atoms with E-state index in [0.29, 0.717) is 5.75 Å². The third kappa shape index (κ3) is 6.22. The molecule has 0 heterocycles. The van der Waals surface area contributed by atoms with Crippen LogP contribution in [0.5, 0.6) is 5.75 Å². The molecule has 1 aromatic carbocycles. The molecule has 0 bridgehead atoms. The molecule has 6 heteroatoms. The molecular weight excluding hydrogens is 362 g/mol. The molecule has 1 amide bonds. The lowest BCUT2D eigenvalue weighted by Gasteiger charge is -2.30. The predicted octanol–water partition coefficient (Wildman–Crippen LogP) is 3.41. The molecule has 0 aliphatic heterocycles. The van der Waals surface area contributed by atoms with Gasteiger partial charge in [-0.2, -0.15) is 0 Å². The Labute approximate surface area is 146 Å². The highest BCUT2D eigenvalue weighted by Crippen LogP contribution is 2.17. The van der Waals surface area contributed by atoms with E-state index in [1.807, 2.05) is 39.8 Å². The van der Waals surface area contributed by atoms with Crippen molar-refractivity contribution in [3.63, 3.8) is 0 Å². The molecule has 0 aliphatic carbocycles. The lowest BCUT2D eigenvalue weighted by Crippen LogP contribution is -2.44. The van der Waals surface area contributed by atoms with E-state index in [9.17, 15) is 9.59 Å². The summed E-state index contributed by atoms with van der Waals surface area (Å²) in [5, 5.41) is 0. The van der Waals surface area contributed by atoms with Crippen LogP contribution in [0.15, 0.2) is 28.7 Å². The largest absolute Gasteiger partial charge is 0.479 e. The molecule has 23 heavy (non-hydrogen) atoms. The molecule has 1 rings (SSSR count). The highest BCUT2D eigenvalue weighted by Gasteiger charge is 2.23. The summed E-state index contributed by atoms with van der Waals surface area (Å²) in [6.07, 6.45) is -0.782. The second-order valence-electron chi connectivity index (χ2n) is 5.81. The van der Waals surface area contributed by atoms with Crippen LogP contribution in [0.2, 0.25) is 0 Å². The van der Waals surface area contributed by atoms with Gasteiger partial charge >= 0.3 is 5.97 Å². The number of carbonyl (C=O) groups excluding carboxylic acids is 2. The SMILES string of the molecule is CC(Oc1ccc(Br)cc1)C(=O)OCC(=O)N(C(C)C)C(C)C. The summed E-state index contributed by atoms with van der Waals surface area (Å²) in [4.78, 5) is 25.8. The Bertz CT molecular complexity index is 520. The molecule has 0 fully saturated rings. The zero-order chi connectivity index (χ0) is 17.6. The summed E-state index contributed by atoms with van der Waals surface area (Å²) in [7, 11) is 0. The molecular formula is C17H24BrNO4. The summed E-state index contributed by atoms with van der Waals surface area (Å²) in [6.45, 7) is 9.04. The normalized spacial score (nSPS) is 12.2. The van der Waals surface area contributed by atoms with Crippen molar-refractivity contribution in [2.75, 3.05) is 6.61 Å². The fourth-order valence-electron chi connectivity index (χ4n) is 2.26. The molecule has 5 nitrogen and oxygen atoms in total. The topological polar surface area (TPSA) is 55.8 Å². The van der Waals surface area contributed by atoms with Gasteiger partial charge in [0.2, 0.25) is 0 Å². The zero-order valence-corrected chi connectivity index (χ0v) is 15.8. The van der Waals surface area contributed by atoms with Crippen molar-refractivity contribution < 1.29 is 19.1 Å². The maximum absolute atomic E-state index is 12.2. The van der Waals surface area contributed by atoms with Gasteiger partial charge in [0, 0.05) is 16.6 Å². The first-order valence-electron chi connectivity index (χ1n) is 7.62. The van der Waals surface area contributed by atoms with Crippen molar-refractivity contribution in [2.24, 2.45) is 0 Å². The Morgan fingerprint density at radius 2 is 1.57 bits per heavy atom. The van der Waals surface area contributed by atoms with Gasteiger partial charge in [-0.1, -0.05) is 15.9 Å².